The van der Waals surface area contributed by atoms with Crippen LogP contribution in [0.25, 0.3) is 16.7 Å². The zero-order valence-electron chi connectivity index (χ0n) is 12.7. The van der Waals surface area contributed by atoms with Gasteiger partial charge in [-0.2, -0.15) is 5.10 Å². The third-order valence-corrected chi connectivity index (χ3v) is 3.48. The summed E-state index contributed by atoms with van der Waals surface area (Å²) in [5.41, 5.74) is 4.14. The van der Waals surface area contributed by atoms with E-state index in [1.54, 1.807) is 0 Å². The van der Waals surface area contributed by atoms with Crippen LogP contribution in [0.5, 0.6) is 0 Å². The van der Waals surface area contributed by atoms with Gasteiger partial charge in [0.1, 0.15) is 0 Å². The van der Waals surface area contributed by atoms with Crippen molar-refractivity contribution in [3.63, 3.8) is 0 Å². The monoisotopic (exact) mass is 280 g/mol. The molecule has 1 aromatic carbocycles. The highest BCUT2D eigenvalue weighted by molar-refractivity contribution is 5.80. The van der Waals surface area contributed by atoms with Gasteiger partial charge in [-0.05, 0) is 30.7 Å². The van der Waals surface area contributed by atoms with Crippen molar-refractivity contribution in [1.29, 1.82) is 0 Å². The third-order valence-electron chi connectivity index (χ3n) is 3.48. The number of hydrogen-bond donors (Lipinski definition) is 1. The minimum Gasteiger partial charge on any atom is -0.310 e. The Morgan fingerprint density at radius 1 is 1.19 bits per heavy atom. The molecule has 2 aromatic heterocycles. The SMILES string of the molecule is Cc1nn(-c2ccccc2)c2ncc(CNC(C)C)cc12. The minimum atomic E-state index is 0.467. The summed E-state index contributed by atoms with van der Waals surface area (Å²) in [6.45, 7) is 7.15. The molecular formula is C17H20N4. The zero-order valence-corrected chi connectivity index (χ0v) is 12.7. The molecule has 0 bridgehead atoms. The molecule has 0 radical (unpaired) electrons. The van der Waals surface area contributed by atoms with E-state index in [9.17, 15) is 0 Å². The highest BCUT2D eigenvalue weighted by atomic mass is 15.3. The van der Waals surface area contributed by atoms with Crippen molar-refractivity contribution >= 4 is 11.0 Å². The number of hydrogen-bond acceptors (Lipinski definition) is 3. The number of benzene rings is 1. The molecule has 0 atom stereocenters. The van der Waals surface area contributed by atoms with Crippen LogP contribution in [0.3, 0.4) is 0 Å². The first kappa shape index (κ1) is 13.8. The fraction of sp³-hybridized carbons (Fsp3) is 0.294. The summed E-state index contributed by atoms with van der Waals surface area (Å²) < 4.78 is 1.91. The molecular weight excluding hydrogens is 260 g/mol. The quantitative estimate of drug-likeness (QED) is 0.798. The predicted molar refractivity (Wildman–Crippen MR) is 85.6 cm³/mol. The molecule has 0 spiro atoms. The molecule has 0 fully saturated rings. The molecule has 0 aliphatic carbocycles. The second-order valence-corrected chi connectivity index (χ2v) is 5.58. The van der Waals surface area contributed by atoms with Gasteiger partial charge in [-0.15, -0.1) is 0 Å². The number of para-hydroxylation sites is 1. The largest absolute Gasteiger partial charge is 0.310 e. The van der Waals surface area contributed by atoms with Gasteiger partial charge >= 0.3 is 0 Å². The van der Waals surface area contributed by atoms with E-state index in [1.807, 2.05) is 48.1 Å². The van der Waals surface area contributed by atoms with E-state index in [4.69, 9.17) is 0 Å². The first-order valence-corrected chi connectivity index (χ1v) is 7.28. The molecule has 0 unspecified atom stereocenters. The van der Waals surface area contributed by atoms with E-state index >= 15 is 0 Å². The van der Waals surface area contributed by atoms with Gasteiger partial charge in [0, 0.05) is 24.2 Å². The van der Waals surface area contributed by atoms with Crippen molar-refractivity contribution in [3.05, 3.63) is 53.9 Å². The van der Waals surface area contributed by atoms with Gasteiger partial charge in [-0.3, -0.25) is 0 Å². The fourth-order valence-electron chi connectivity index (χ4n) is 2.35. The smallest absolute Gasteiger partial charge is 0.163 e. The summed E-state index contributed by atoms with van der Waals surface area (Å²) in [5, 5.41) is 9.16. The highest BCUT2D eigenvalue weighted by Crippen LogP contribution is 2.20. The number of aryl methyl sites for hydroxylation is 1. The first-order chi connectivity index (χ1) is 10.1. The maximum Gasteiger partial charge on any atom is 0.163 e. The average molecular weight is 280 g/mol. The number of pyridine rings is 1. The number of nitrogens with zero attached hydrogens (tertiary/aromatic N) is 3. The maximum atomic E-state index is 4.63. The Labute approximate surface area is 124 Å². The van der Waals surface area contributed by atoms with E-state index < -0.39 is 0 Å². The molecule has 108 valence electrons. The van der Waals surface area contributed by atoms with E-state index in [1.165, 1.54) is 5.56 Å². The highest BCUT2D eigenvalue weighted by Gasteiger charge is 2.10. The minimum absolute atomic E-state index is 0.467. The van der Waals surface area contributed by atoms with Crippen LogP contribution in [-0.2, 0) is 6.54 Å². The third kappa shape index (κ3) is 2.81. The van der Waals surface area contributed by atoms with Crippen molar-refractivity contribution < 1.29 is 0 Å². The number of nitrogens with one attached hydrogen (secondary N) is 1. The molecule has 0 amide bonds. The zero-order chi connectivity index (χ0) is 14.8. The Bertz CT molecular complexity index is 744. The summed E-state index contributed by atoms with van der Waals surface area (Å²) in [4.78, 5) is 4.62. The summed E-state index contributed by atoms with van der Waals surface area (Å²) in [6.07, 6.45) is 1.93. The lowest BCUT2D eigenvalue weighted by Crippen LogP contribution is -2.21. The van der Waals surface area contributed by atoms with Crippen LogP contribution in [0.4, 0.5) is 0 Å². The van der Waals surface area contributed by atoms with Crippen molar-refractivity contribution in [2.24, 2.45) is 0 Å². The van der Waals surface area contributed by atoms with Gasteiger partial charge < -0.3 is 5.32 Å². The van der Waals surface area contributed by atoms with Crippen LogP contribution in [0, 0.1) is 6.92 Å². The van der Waals surface area contributed by atoms with Crippen LogP contribution in [0.1, 0.15) is 25.1 Å². The molecule has 0 saturated carbocycles. The maximum absolute atomic E-state index is 4.63. The molecule has 3 aromatic rings. The summed E-state index contributed by atoms with van der Waals surface area (Å²) >= 11 is 0. The van der Waals surface area contributed by atoms with Gasteiger partial charge in [-0.1, -0.05) is 32.0 Å². The van der Waals surface area contributed by atoms with Crippen LogP contribution < -0.4 is 5.32 Å². The predicted octanol–water partition coefficient (Wildman–Crippen LogP) is 3.23. The first-order valence-electron chi connectivity index (χ1n) is 7.28. The van der Waals surface area contributed by atoms with Crippen molar-refractivity contribution in [2.75, 3.05) is 0 Å². The molecule has 4 nitrogen and oxygen atoms in total. The van der Waals surface area contributed by atoms with Gasteiger partial charge in [0.05, 0.1) is 11.4 Å². The van der Waals surface area contributed by atoms with Gasteiger partial charge in [-0.25, -0.2) is 9.67 Å². The fourth-order valence-corrected chi connectivity index (χ4v) is 2.35. The molecule has 2 heterocycles. The van der Waals surface area contributed by atoms with Gasteiger partial charge in [0.15, 0.2) is 5.65 Å². The van der Waals surface area contributed by atoms with E-state index in [0.29, 0.717) is 6.04 Å². The van der Waals surface area contributed by atoms with Crippen LogP contribution in [0.15, 0.2) is 42.6 Å². The van der Waals surface area contributed by atoms with Gasteiger partial charge in [0.25, 0.3) is 0 Å². The van der Waals surface area contributed by atoms with E-state index in [2.05, 4.69) is 35.3 Å². The summed E-state index contributed by atoms with van der Waals surface area (Å²) in [5.74, 6) is 0. The standard InChI is InChI=1S/C17H20N4/c1-12(2)18-10-14-9-16-13(3)20-21(17(16)19-11-14)15-7-5-4-6-8-15/h4-9,11-12,18H,10H2,1-3H3. The van der Waals surface area contributed by atoms with Crippen LogP contribution in [-0.4, -0.2) is 20.8 Å². The molecule has 0 aliphatic heterocycles. The Kier molecular flexibility index (Phi) is 3.71. The van der Waals surface area contributed by atoms with E-state index in [-0.39, 0.29) is 0 Å². The van der Waals surface area contributed by atoms with Crippen molar-refractivity contribution in [2.45, 2.75) is 33.4 Å². The second-order valence-electron chi connectivity index (χ2n) is 5.58. The molecule has 0 aliphatic rings. The molecule has 0 saturated heterocycles. The number of rotatable bonds is 4. The second kappa shape index (κ2) is 5.66. The molecule has 4 heteroatoms. The Hall–Kier alpha value is -2.20. The summed E-state index contributed by atoms with van der Waals surface area (Å²) in [7, 11) is 0. The normalized spacial score (nSPS) is 11.4. The van der Waals surface area contributed by atoms with Gasteiger partial charge in [0.2, 0.25) is 0 Å². The Morgan fingerprint density at radius 3 is 2.67 bits per heavy atom. The number of fused-ring (bicyclic) bond motifs is 1. The van der Waals surface area contributed by atoms with Crippen molar-refractivity contribution in [1.82, 2.24) is 20.1 Å². The number of aromatic nitrogens is 3. The lowest BCUT2D eigenvalue weighted by molar-refractivity contribution is 0.588. The average Bonchev–Trinajstić information content (AvgIpc) is 2.83. The van der Waals surface area contributed by atoms with Crippen LogP contribution >= 0.6 is 0 Å². The van der Waals surface area contributed by atoms with Crippen LogP contribution in [0.2, 0.25) is 0 Å². The molecule has 3 rings (SSSR count). The lowest BCUT2D eigenvalue weighted by atomic mass is 10.2. The molecule has 1 N–H and O–H groups in total. The van der Waals surface area contributed by atoms with Crippen molar-refractivity contribution in [3.8, 4) is 5.69 Å². The Balaban J connectivity index is 2.02. The lowest BCUT2D eigenvalue weighted by Gasteiger charge is -2.08. The summed E-state index contributed by atoms with van der Waals surface area (Å²) in [6, 6.07) is 12.8. The molecule has 21 heavy (non-hydrogen) atoms. The topological polar surface area (TPSA) is 42.7 Å². The van der Waals surface area contributed by atoms with E-state index in [0.717, 1.165) is 29.0 Å². The Morgan fingerprint density at radius 2 is 1.95 bits per heavy atom.